The van der Waals surface area contributed by atoms with Gasteiger partial charge in [0, 0.05) is 42.2 Å². The summed E-state index contributed by atoms with van der Waals surface area (Å²) in [4.78, 5) is 47.3. The zero-order valence-corrected chi connectivity index (χ0v) is 22.4. The van der Waals surface area contributed by atoms with E-state index in [1.165, 1.54) is 62.2 Å². The fourth-order valence-corrected chi connectivity index (χ4v) is 4.24. The summed E-state index contributed by atoms with van der Waals surface area (Å²) < 4.78 is 31.2. The highest BCUT2D eigenvalue weighted by Gasteiger charge is 2.18. The van der Waals surface area contributed by atoms with E-state index in [4.69, 9.17) is 14.2 Å². The molecule has 0 amide bonds. The second-order valence-corrected chi connectivity index (χ2v) is 9.07. The van der Waals surface area contributed by atoms with Gasteiger partial charge < -0.3 is 14.2 Å². The molecular formula is C31H24FN3O6. The first kappa shape index (κ1) is 27.2. The lowest BCUT2D eigenvalue weighted by Crippen LogP contribution is -2.27. The van der Waals surface area contributed by atoms with Crippen molar-refractivity contribution in [2.24, 2.45) is 0 Å². The van der Waals surface area contributed by atoms with E-state index < -0.39 is 17.2 Å². The summed E-state index contributed by atoms with van der Waals surface area (Å²) in [5.74, 6) is 0.417. The summed E-state index contributed by atoms with van der Waals surface area (Å²) in [5.41, 5.74) is 1.45. The Balaban J connectivity index is 1.39. The Morgan fingerprint density at radius 3 is 2.32 bits per heavy atom. The molecule has 41 heavy (non-hydrogen) atoms. The molecule has 0 radical (unpaired) electrons. The third-order valence-corrected chi connectivity index (χ3v) is 6.37. The predicted molar refractivity (Wildman–Crippen MR) is 149 cm³/mol. The molecule has 0 aliphatic heterocycles. The number of hydrogen-bond acceptors (Lipinski definition) is 8. The number of aromatic nitrogens is 3. The van der Waals surface area contributed by atoms with Gasteiger partial charge in [-0.2, -0.15) is 0 Å². The van der Waals surface area contributed by atoms with E-state index in [1.807, 2.05) is 0 Å². The van der Waals surface area contributed by atoms with Crippen LogP contribution in [0.3, 0.4) is 0 Å². The fourth-order valence-electron chi connectivity index (χ4n) is 4.24. The van der Waals surface area contributed by atoms with Gasteiger partial charge in [0.15, 0.2) is 23.1 Å². The number of pyridine rings is 3. The average Bonchev–Trinajstić information content (AvgIpc) is 2.98. The quantitative estimate of drug-likeness (QED) is 0.225. The van der Waals surface area contributed by atoms with Gasteiger partial charge in [0.1, 0.15) is 17.1 Å². The van der Waals surface area contributed by atoms with Gasteiger partial charge in [-0.1, -0.05) is 12.1 Å². The molecule has 3 aromatic heterocycles. The largest absolute Gasteiger partial charge is 0.491 e. The zero-order chi connectivity index (χ0) is 29.1. The number of rotatable bonds is 9. The number of hydrogen-bond donors (Lipinski definition) is 0. The van der Waals surface area contributed by atoms with Gasteiger partial charge in [-0.05, 0) is 55.0 Å². The van der Waals surface area contributed by atoms with E-state index in [-0.39, 0.29) is 23.3 Å². The highest BCUT2D eigenvalue weighted by molar-refractivity contribution is 6.01. The Morgan fingerprint density at radius 1 is 0.927 bits per heavy atom. The monoisotopic (exact) mass is 553 g/mol. The molecular weight excluding hydrogens is 529 g/mol. The number of Topliss-reactive ketones (excluding diaryl/α,β-unsaturated/α-hetero) is 2. The minimum Gasteiger partial charge on any atom is -0.491 e. The Bertz CT molecular complexity index is 1830. The van der Waals surface area contributed by atoms with Crippen molar-refractivity contribution in [1.82, 2.24) is 14.5 Å². The zero-order valence-electron chi connectivity index (χ0n) is 22.4. The number of nitrogens with zero attached hydrogens (tertiary/aromatic N) is 3. The normalized spacial score (nSPS) is 10.8. The molecule has 0 unspecified atom stereocenters. The van der Waals surface area contributed by atoms with Gasteiger partial charge in [0.25, 0.3) is 11.4 Å². The molecule has 206 valence electrons. The summed E-state index contributed by atoms with van der Waals surface area (Å²) >= 11 is 0. The lowest BCUT2D eigenvalue weighted by Gasteiger charge is -2.12. The van der Waals surface area contributed by atoms with E-state index in [0.29, 0.717) is 45.4 Å². The lowest BCUT2D eigenvalue weighted by atomic mass is 10.0. The van der Waals surface area contributed by atoms with Crippen molar-refractivity contribution in [3.05, 3.63) is 112 Å². The Kier molecular flexibility index (Phi) is 7.55. The first-order chi connectivity index (χ1) is 19.8. The van der Waals surface area contributed by atoms with Gasteiger partial charge in [0.2, 0.25) is 0 Å². The van der Waals surface area contributed by atoms with Crippen LogP contribution in [0.4, 0.5) is 4.39 Å². The summed E-state index contributed by atoms with van der Waals surface area (Å²) in [7, 11) is 3.00. The standard InChI is InChI=1S/C31H24FN3O6/c1-18(36)20-15-24(31(38)35(17-20)22-8-6-21(32)7-9-22)26(37)14-19-4-10-23(11-5-19)41-27-12-13-33-25-16-28(39-2)30(40-3)34-29(25)27/h4-13,15-17H,14H2,1-3H3. The van der Waals surface area contributed by atoms with Gasteiger partial charge in [-0.3, -0.25) is 23.9 Å². The van der Waals surface area contributed by atoms with Crippen molar-refractivity contribution in [2.45, 2.75) is 13.3 Å². The molecule has 5 rings (SSSR count). The second kappa shape index (κ2) is 11.4. The van der Waals surface area contributed by atoms with Gasteiger partial charge in [0.05, 0.1) is 25.3 Å². The minimum absolute atomic E-state index is 0.0863. The summed E-state index contributed by atoms with van der Waals surface area (Å²) in [6.07, 6.45) is 2.85. The van der Waals surface area contributed by atoms with Crippen LogP contribution in [-0.4, -0.2) is 40.3 Å². The number of ketones is 2. The number of fused-ring (bicyclic) bond motifs is 1. The van der Waals surface area contributed by atoms with Crippen molar-refractivity contribution >= 4 is 22.6 Å². The molecule has 2 aromatic carbocycles. The number of benzene rings is 2. The van der Waals surface area contributed by atoms with Crippen LogP contribution in [-0.2, 0) is 6.42 Å². The molecule has 0 saturated carbocycles. The number of carbonyl (C=O) groups excluding carboxylic acids is 2. The third-order valence-electron chi connectivity index (χ3n) is 6.37. The topological polar surface area (TPSA) is 110 Å². The van der Waals surface area contributed by atoms with Crippen LogP contribution in [0.15, 0.2) is 83.9 Å². The predicted octanol–water partition coefficient (Wildman–Crippen LogP) is 5.36. The van der Waals surface area contributed by atoms with Gasteiger partial charge >= 0.3 is 0 Å². The molecule has 0 atom stereocenters. The molecule has 0 bridgehead atoms. The Hall–Kier alpha value is -5.38. The van der Waals surface area contributed by atoms with Crippen LogP contribution >= 0.6 is 0 Å². The molecule has 0 N–H and O–H groups in total. The van der Waals surface area contributed by atoms with E-state index in [1.54, 1.807) is 42.6 Å². The number of halogens is 1. The summed E-state index contributed by atoms with van der Waals surface area (Å²) in [5, 5.41) is 0. The highest BCUT2D eigenvalue weighted by Crippen LogP contribution is 2.34. The maximum absolute atomic E-state index is 13.4. The number of ether oxygens (including phenoxy) is 3. The average molecular weight is 554 g/mol. The van der Waals surface area contributed by atoms with Crippen molar-refractivity contribution in [1.29, 1.82) is 0 Å². The molecule has 10 heteroatoms. The molecule has 0 saturated heterocycles. The van der Waals surface area contributed by atoms with E-state index in [0.717, 1.165) is 0 Å². The first-order valence-electron chi connectivity index (χ1n) is 12.5. The van der Waals surface area contributed by atoms with Crippen LogP contribution < -0.4 is 19.8 Å². The molecule has 0 spiro atoms. The van der Waals surface area contributed by atoms with Crippen LogP contribution in [0.1, 0.15) is 33.2 Å². The smallest absolute Gasteiger partial charge is 0.266 e. The van der Waals surface area contributed by atoms with Crippen molar-refractivity contribution in [3.8, 4) is 28.8 Å². The van der Waals surface area contributed by atoms with Crippen molar-refractivity contribution < 1.29 is 28.2 Å². The third kappa shape index (κ3) is 5.67. The molecule has 0 aliphatic carbocycles. The summed E-state index contributed by atoms with van der Waals surface area (Å²) in [6, 6.07) is 16.7. The van der Waals surface area contributed by atoms with Crippen LogP contribution in [0.25, 0.3) is 16.7 Å². The fraction of sp³-hybridized carbons (Fsp3) is 0.129. The maximum Gasteiger partial charge on any atom is 0.266 e. The molecule has 9 nitrogen and oxygen atoms in total. The molecule has 0 aliphatic rings. The molecule has 0 fully saturated rings. The molecule has 5 aromatic rings. The van der Waals surface area contributed by atoms with Crippen LogP contribution in [0.2, 0.25) is 0 Å². The second-order valence-electron chi connectivity index (χ2n) is 9.07. The lowest BCUT2D eigenvalue weighted by molar-refractivity contribution is 0.0991. The van der Waals surface area contributed by atoms with E-state index in [2.05, 4.69) is 9.97 Å². The minimum atomic E-state index is -0.601. The van der Waals surface area contributed by atoms with E-state index in [9.17, 15) is 18.8 Å². The first-order valence-corrected chi connectivity index (χ1v) is 12.5. The number of methoxy groups -OCH3 is 2. The highest BCUT2D eigenvalue weighted by atomic mass is 19.1. The number of carbonyl (C=O) groups is 2. The molecule has 3 heterocycles. The van der Waals surface area contributed by atoms with Crippen LogP contribution in [0.5, 0.6) is 23.1 Å². The van der Waals surface area contributed by atoms with Gasteiger partial charge in [-0.25, -0.2) is 9.37 Å². The maximum atomic E-state index is 13.4. The van der Waals surface area contributed by atoms with Crippen molar-refractivity contribution in [3.63, 3.8) is 0 Å². The Morgan fingerprint density at radius 2 is 1.66 bits per heavy atom. The van der Waals surface area contributed by atoms with Crippen LogP contribution in [0, 0.1) is 5.82 Å². The van der Waals surface area contributed by atoms with E-state index >= 15 is 0 Å². The SMILES string of the molecule is COc1cc2nccc(Oc3ccc(CC(=O)c4cc(C(C)=O)cn(-c5ccc(F)cc5)c4=O)cc3)c2nc1OC. The van der Waals surface area contributed by atoms with Crippen molar-refractivity contribution in [2.75, 3.05) is 14.2 Å². The summed E-state index contributed by atoms with van der Waals surface area (Å²) in [6.45, 7) is 1.34. The Labute approximate surface area is 233 Å². The van der Waals surface area contributed by atoms with Gasteiger partial charge in [-0.15, -0.1) is 0 Å².